The zero-order chi connectivity index (χ0) is 14.7. The van der Waals surface area contributed by atoms with Gasteiger partial charge in [-0.05, 0) is 35.7 Å². The first-order valence-electron chi connectivity index (χ1n) is 6.38. The molecule has 1 atom stereocenters. The summed E-state index contributed by atoms with van der Waals surface area (Å²) in [5.74, 6) is 6.60. The average molecular weight is 291 g/mol. The van der Waals surface area contributed by atoms with Crippen molar-refractivity contribution in [2.24, 2.45) is 5.84 Å². The SMILES string of the molecule is Cc1ccc(C(NN)c2ccc(N(C)C)nc2)cc1Cl. The highest BCUT2D eigenvalue weighted by atomic mass is 35.5. The van der Waals surface area contributed by atoms with Gasteiger partial charge in [0.1, 0.15) is 5.82 Å². The lowest BCUT2D eigenvalue weighted by molar-refractivity contribution is 0.634. The predicted molar refractivity (Wildman–Crippen MR) is 83.9 cm³/mol. The molecule has 0 amide bonds. The van der Waals surface area contributed by atoms with Crippen molar-refractivity contribution in [1.29, 1.82) is 0 Å². The minimum Gasteiger partial charge on any atom is -0.363 e. The van der Waals surface area contributed by atoms with Gasteiger partial charge in [-0.2, -0.15) is 0 Å². The van der Waals surface area contributed by atoms with Gasteiger partial charge in [-0.3, -0.25) is 5.84 Å². The molecule has 106 valence electrons. The van der Waals surface area contributed by atoms with E-state index in [-0.39, 0.29) is 6.04 Å². The number of rotatable bonds is 4. The summed E-state index contributed by atoms with van der Waals surface area (Å²) in [5, 5.41) is 0.737. The fraction of sp³-hybridized carbons (Fsp3) is 0.267. The third kappa shape index (κ3) is 3.10. The number of halogens is 1. The highest BCUT2D eigenvalue weighted by Crippen LogP contribution is 2.26. The Balaban J connectivity index is 2.33. The molecule has 0 aliphatic rings. The van der Waals surface area contributed by atoms with E-state index in [0.717, 1.165) is 27.5 Å². The number of hydrogen-bond acceptors (Lipinski definition) is 4. The number of hydrazine groups is 1. The van der Waals surface area contributed by atoms with Crippen LogP contribution in [0.4, 0.5) is 5.82 Å². The maximum atomic E-state index is 6.18. The molecule has 0 spiro atoms. The molecule has 0 fully saturated rings. The van der Waals surface area contributed by atoms with E-state index in [2.05, 4.69) is 10.4 Å². The molecular weight excluding hydrogens is 272 g/mol. The van der Waals surface area contributed by atoms with Crippen LogP contribution in [-0.2, 0) is 0 Å². The van der Waals surface area contributed by atoms with Crippen molar-refractivity contribution in [3.05, 3.63) is 58.2 Å². The lowest BCUT2D eigenvalue weighted by atomic mass is 10.00. The Hall–Kier alpha value is -1.62. The van der Waals surface area contributed by atoms with E-state index in [1.165, 1.54) is 0 Å². The van der Waals surface area contributed by atoms with Crippen LogP contribution in [0.25, 0.3) is 0 Å². The molecule has 2 rings (SSSR count). The summed E-state index contributed by atoms with van der Waals surface area (Å²) in [4.78, 5) is 6.37. The standard InChI is InChI=1S/C15H19ClN4/c1-10-4-5-11(8-13(10)16)15(19-17)12-6-7-14(18-9-12)20(2)3/h4-9,15,19H,17H2,1-3H3. The summed E-state index contributed by atoms with van der Waals surface area (Å²) in [5.41, 5.74) is 5.88. The summed E-state index contributed by atoms with van der Waals surface area (Å²) in [6.45, 7) is 1.98. The number of nitrogens with zero attached hydrogens (tertiary/aromatic N) is 2. The van der Waals surface area contributed by atoms with Gasteiger partial charge in [-0.15, -0.1) is 0 Å². The quantitative estimate of drug-likeness (QED) is 0.671. The largest absolute Gasteiger partial charge is 0.363 e. The van der Waals surface area contributed by atoms with Crippen molar-refractivity contribution in [2.75, 3.05) is 19.0 Å². The predicted octanol–water partition coefficient (Wildman–Crippen LogP) is 2.66. The smallest absolute Gasteiger partial charge is 0.127 e. The molecule has 0 radical (unpaired) electrons. The van der Waals surface area contributed by atoms with E-state index in [0.29, 0.717) is 0 Å². The zero-order valence-corrected chi connectivity index (χ0v) is 12.6. The first-order chi connectivity index (χ1) is 9.52. The number of aryl methyl sites for hydroxylation is 1. The van der Waals surface area contributed by atoms with Crippen LogP contribution in [0.15, 0.2) is 36.5 Å². The van der Waals surface area contributed by atoms with Crippen LogP contribution in [0.2, 0.25) is 5.02 Å². The second kappa shape index (κ2) is 6.22. The molecule has 20 heavy (non-hydrogen) atoms. The summed E-state index contributed by atoms with van der Waals surface area (Å²) < 4.78 is 0. The summed E-state index contributed by atoms with van der Waals surface area (Å²) in [7, 11) is 3.92. The van der Waals surface area contributed by atoms with Gasteiger partial charge in [0.15, 0.2) is 0 Å². The van der Waals surface area contributed by atoms with E-state index in [9.17, 15) is 0 Å². The number of hydrogen-bond donors (Lipinski definition) is 2. The third-order valence-electron chi connectivity index (χ3n) is 3.26. The highest BCUT2D eigenvalue weighted by molar-refractivity contribution is 6.31. The lowest BCUT2D eigenvalue weighted by Crippen LogP contribution is -2.29. The maximum absolute atomic E-state index is 6.18. The van der Waals surface area contributed by atoms with Gasteiger partial charge in [0.2, 0.25) is 0 Å². The van der Waals surface area contributed by atoms with Crippen LogP contribution in [0.1, 0.15) is 22.7 Å². The second-order valence-corrected chi connectivity index (χ2v) is 5.36. The fourth-order valence-corrected chi connectivity index (χ4v) is 2.20. The maximum Gasteiger partial charge on any atom is 0.127 e. The van der Waals surface area contributed by atoms with Crippen LogP contribution in [-0.4, -0.2) is 19.1 Å². The van der Waals surface area contributed by atoms with E-state index in [4.69, 9.17) is 17.4 Å². The molecule has 0 aliphatic carbocycles. The summed E-state index contributed by atoms with van der Waals surface area (Å²) >= 11 is 6.18. The highest BCUT2D eigenvalue weighted by Gasteiger charge is 2.14. The Bertz CT molecular complexity index is 581. The van der Waals surface area contributed by atoms with Crippen molar-refractivity contribution >= 4 is 17.4 Å². The van der Waals surface area contributed by atoms with Crippen molar-refractivity contribution in [1.82, 2.24) is 10.4 Å². The Morgan fingerprint density at radius 1 is 1.20 bits per heavy atom. The third-order valence-corrected chi connectivity index (χ3v) is 3.67. The average Bonchev–Trinajstić information content (AvgIpc) is 2.44. The Labute approximate surface area is 124 Å². The Morgan fingerprint density at radius 3 is 2.40 bits per heavy atom. The van der Waals surface area contributed by atoms with Crippen molar-refractivity contribution in [3.63, 3.8) is 0 Å². The molecule has 0 aliphatic heterocycles. The van der Waals surface area contributed by atoms with Crippen LogP contribution in [0, 0.1) is 6.92 Å². The van der Waals surface area contributed by atoms with Gasteiger partial charge in [-0.1, -0.05) is 29.8 Å². The van der Waals surface area contributed by atoms with Crippen LogP contribution < -0.4 is 16.2 Å². The number of aromatic nitrogens is 1. The monoisotopic (exact) mass is 290 g/mol. The molecule has 1 heterocycles. The minimum atomic E-state index is -0.128. The van der Waals surface area contributed by atoms with E-state index >= 15 is 0 Å². The number of benzene rings is 1. The topological polar surface area (TPSA) is 54.2 Å². The van der Waals surface area contributed by atoms with Crippen LogP contribution in [0.3, 0.4) is 0 Å². The molecule has 4 nitrogen and oxygen atoms in total. The molecule has 1 unspecified atom stereocenters. The summed E-state index contributed by atoms with van der Waals surface area (Å²) in [6.07, 6.45) is 1.83. The summed E-state index contributed by atoms with van der Waals surface area (Å²) in [6, 6.07) is 9.80. The number of nitrogens with two attached hydrogens (primary N) is 1. The molecule has 0 saturated heterocycles. The Morgan fingerprint density at radius 2 is 1.90 bits per heavy atom. The van der Waals surface area contributed by atoms with E-state index < -0.39 is 0 Å². The molecule has 2 aromatic rings. The molecule has 1 aromatic carbocycles. The molecular formula is C15H19ClN4. The molecule has 0 saturated carbocycles. The van der Waals surface area contributed by atoms with Gasteiger partial charge in [0.25, 0.3) is 0 Å². The minimum absolute atomic E-state index is 0.128. The normalized spacial score (nSPS) is 12.2. The number of pyridine rings is 1. The number of nitrogens with one attached hydrogen (secondary N) is 1. The van der Waals surface area contributed by atoms with Gasteiger partial charge >= 0.3 is 0 Å². The molecule has 0 bridgehead atoms. The van der Waals surface area contributed by atoms with E-state index in [1.54, 1.807) is 0 Å². The van der Waals surface area contributed by atoms with Gasteiger partial charge in [0.05, 0.1) is 6.04 Å². The first-order valence-corrected chi connectivity index (χ1v) is 6.76. The molecule has 5 heteroatoms. The van der Waals surface area contributed by atoms with Gasteiger partial charge in [0, 0.05) is 25.3 Å². The van der Waals surface area contributed by atoms with Crippen molar-refractivity contribution in [2.45, 2.75) is 13.0 Å². The van der Waals surface area contributed by atoms with Gasteiger partial charge in [-0.25, -0.2) is 10.4 Å². The van der Waals surface area contributed by atoms with Crippen LogP contribution in [0.5, 0.6) is 0 Å². The first kappa shape index (κ1) is 14.8. The lowest BCUT2D eigenvalue weighted by Gasteiger charge is -2.18. The molecule has 3 N–H and O–H groups in total. The number of anilines is 1. The molecule has 1 aromatic heterocycles. The van der Waals surface area contributed by atoms with Gasteiger partial charge < -0.3 is 4.90 Å². The van der Waals surface area contributed by atoms with Crippen molar-refractivity contribution < 1.29 is 0 Å². The second-order valence-electron chi connectivity index (χ2n) is 4.95. The fourth-order valence-electron chi connectivity index (χ4n) is 2.01. The Kier molecular flexibility index (Phi) is 4.60. The van der Waals surface area contributed by atoms with E-state index in [1.807, 2.05) is 62.4 Å². The van der Waals surface area contributed by atoms with Crippen molar-refractivity contribution in [3.8, 4) is 0 Å². The zero-order valence-electron chi connectivity index (χ0n) is 11.9. The van der Waals surface area contributed by atoms with Crippen LogP contribution >= 0.6 is 11.6 Å².